The van der Waals surface area contributed by atoms with Crippen LogP contribution in [0, 0.1) is 5.92 Å². The minimum atomic E-state index is -0.276. The Morgan fingerprint density at radius 2 is 2.18 bits per heavy atom. The zero-order valence-electron chi connectivity index (χ0n) is 13.4. The van der Waals surface area contributed by atoms with E-state index in [1.807, 2.05) is 18.2 Å². The Morgan fingerprint density at radius 3 is 2.77 bits per heavy atom. The fourth-order valence-electron chi connectivity index (χ4n) is 2.76. The quantitative estimate of drug-likeness (QED) is 0.467. The second kappa shape index (κ2) is 6.86. The Bertz CT molecular complexity index is 579. The Kier molecular flexibility index (Phi) is 5.11. The van der Waals surface area contributed by atoms with Crippen molar-refractivity contribution in [1.29, 1.82) is 0 Å². The average molecular weight is 296 g/mol. The summed E-state index contributed by atoms with van der Waals surface area (Å²) < 4.78 is 0. The van der Waals surface area contributed by atoms with Crippen LogP contribution in [0.5, 0.6) is 0 Å². The third-order valence-corrected chi connectivity index (χ3v) is 4.29. The lowest BCUT2D eigenvalue weighted by molar-refractivity contribution is -0.135. The van der Waals surface area contributed by atoms with E-state index in [0.29, 0.717) is 18.8 Å². The Morgan fingerprint density at radius 1 is 1.45 bits per heavy atom. The number of nitrogens with zero attached hydrogens (tertiary/aromatic N) is 1. The van der Waals surface area contributed by atoms with Crippen LogP contribution < -0.4 is 5.32 Å². The molecule has 0 saturated carbocycles. The fraction of sp³-hybridized carbons (Fsp3) is 0.375. The van der Waals surface area contributed by atoms with Gasteiger partial charge in [-0.15, -0.1) is 0 Å². The summed E-state index contributed by atoms with van der Waals surface area (Å²) in [4.78, 5) is 25.5. The summed E-state index contributed by atoms with van der Waals surface area (Å²) in [6, 6.07) is -0.276. The van der Waals surface area contributed by atoms with Gasteiger partial charge in [-0.05, 0) is 18.4 Å². The molecule has 0 bridgehead atoms. The number of carbonyl (C=O) groups is 2. The molecule has 114 valence electrons. The third-order valence-electron chi connectivity index (χ3n) is 4.29. The van der Waals surface area contributed by atoms with Crippen LogP contribution in [0.1, 0.15) is 26.7 Å². The van der Waals surface area contributed by atoms with Gasteiger partial charge in [0.2, 0.25) is 19.1 Å². The highest BCUT2D eigenvalue weighted by atomic mass is 16.2. The number of nitrogens with one attached hydrogen (secondary N) is 1. The standard InChI is InChI=1S/C16H22B2N2O2/c1-5-12-13(7-6-11(4)10(2)3)20(18-17-12)14-8-9-15(21)19-16(14)22/h5-7,10,14,17-18H,1,4,8-9H2,2-3H3,(H,19,21,22)/b7-6-. The van der Waals surface area contributed by atoms with E-state index >= 15 is 0 Å². The predicted octanol–water partition coefficient (Wildman–Crippen LogP) is 0.976. The topological polar surface area (TPSA) is 49.4 Å². The van der Waals surface area contributed by atoms with Crippen molar-refractivity contribution in [2.45, 2.75) is 32.7 Å². The van der Waals surface area contributed by atoms with Gasteiger partial charge in [0.25, 0.3) is 0 Å². The minimum absolute atomic E-state index is 0.182. The van der Waals surface area contributed by atoms with Gasteiger partial charge in [0.1, 0.15) is 0 Å². The number of rotatable bonds is 5. The van der Waals surface area contributed by atoms with Crippen LogP contribution >= 0.6 is 0 Å². The molecular formula is C16H22B2N2O2. The lowest BCUT2D eigenvalue weighted by Crippen LogP contribution is -2.52. The van der Waals surface area contributed by atoms with Gasteiger partial charge < -0.3 is 4.81 Å². The van der Waals surface area contributed by atoms with Gasteiger partial charge >= 0.3 is 0 Å². The number of hydrogen-bond acceptors (Lipinski definition) is 3. The summed E-state index contributed by atoms with van der Waals surface area (Å²) in [6.45, 7) is 12.1. The number of piperidine rings is 1. The second-order valence-corrected chi connectivity index (χ2v) is 6.09. The van der Waals surface area contributed by atoms with E-state index in [1.165, 1.54) is 0 Å². The van der Waals surface area contributed by atoms with Crippen molar-refractivity contribution in [2.24, 2.45) is 5.92 Å². The van der Waals surface area contributed by atoms with Crippen molar-refractivity contribution in [2.75, 3.05) is 0 Å². The molecule has 0 spiro atoms. The highest BCUT2D eigenvalue weighted by molar-refractivity contribution is 7.04. The van der Waals surface area contributed by atoms with Crippen LogP contribution in [-0.4, -0.2) is 37.1 Å². The summed E-state index contributed by atoms with van der Waals surface area (Å²) >= 11 is 0. The molecule has 1 unspecified atom stereocenters. The van der Waals surface area contributed by atoms with Crippen LogP contribution in [-0.2, 0) is 9.59 Å². The molecule has 22 heavy (non-hydrogen) atoms. The van der Waals surface area contributed by atoms with Crippen LogP contribution in [0.3, 0.4) is 0 Å². The number of amides is 2. The maximum absolute atomic E-state index is 12.1. The number of imide groups is 1. The van der Waals surface area contributed by atoms with Crippen molar-refractivity contribution in [3.63, 3.8) is 0 Å². The van der Waals surface area contributed by atoms with Gasteiger partial charge in [0.15, 0.2) is 7.17 Å². The molecule has 2 aliphatic rings. The summed E-state index contributed by atoms with van der Waals surface area (Å²) in [5, 5.41) is 2.43. The van der Waals surface area contributed by atoms with E-state index < -0.39 is 0 Å². The number of carbonyl (C=O) groups excluding carboxylic acids is 2. The fourth-order valence-corrected chi connectivity index (χ4v) is 2.76. The van der Waals surface area contributed by atoms with E-state index in [4.69, 9.17) is 0 Å². The Labute approximate surface area is 133 Å². The maximum Gasteiger partial charge on any atom is 0.248 e. The lowest BCUT2D eigenvalue weighted by Gasteiger charge is -2.33. The van der Waals surface area contributed by atoms with Crippen molar-refractivity contribution in [3.8, 4) is 0 Å². The van der Waals surface area contributed by atoms with Crippen molar-refractivity contribution < 1.29 is 9.59 Å². The average Bonchev–Trinajstić information content (AvgIpc) is 2.87. The molecule has 6 heteroatoms. The van der Waals surface area contributed by atoms with Gasteiger partial charge in [-0.1, -0.05) is 50.2 Å². The largest absolute Gasteiger partial charge is 0.416 e. The molecule has 0 radical (unpaired) electrons. The first-order valence-corrected chi connectivity index (χ1v) is 7.76. The molecular weight excluding hydrogens is 274 g/mol. The highest BCUT2D eigenvalue weighted by Gasteiger charge is 2.35. The van der Waals surface area contributed by atoms with Crippen LogP contribution in [0.2, 0.25) is 0 Å². The minimum Gasteiger partial charge on any atom is -0.416 e. The van der Waals surface area contributed by atoms with Crippen molar-refractivity contribution >= 4 is 26.3 Å². The molecule has 1 fully saturated rings. The first-order chi connectivity index (χ1) is 10.4. The second-order valence-electron chi connectivity index (χ2n) is 6.09. The molecule has 1 atom stereocenters. The molecule has 0 aromatic rings. The summed E-state index contributed by atoms with van der Waals surface area (Å²) in [5.74, 6) is 0.00304. The van der Waals surface area contributed by atoms with E-state index in [1.54, 1.807) is 0 Å². The van der Waals surface area contributed by atoms with Gasteiger partial charge in [-0.2, -0.15) is 0 Å². The molecule has 0 aromatic heterocycles. The summed E-state index contributed by atoms with van der Waals surface area (Å²) in [6.07, 6.45) is 6.84. The molecule has 2 aliphatic heterocycles. The first-order valence-electron chi connectivity index (χ1n) is 7.76. The maximum atomic E-state index is 12.1. The van der Waals surface area contributed by atoms with E-state index in [9.17, 15) is 9.59 Å². The molecule has 1 N–H and O–H groups in total. The van der Waals surface area contributed by atoms with E-state index in [-0.39, 0.29) is 17.9 Å². The molecule has 0 aromatic carbocycles. The third kappa shape index (κ3) is 3.43. The van der Waals surface area contributed by atoms with Crippen LogP contribution in [0.4, 0.5) is 0 Å². The van der Waals surface area contributed by atoms with Crippen LogP contribution in [0.25, 0.3) is 0 Å². The molecule has 2 heterocycles. The SMILES string of the molecule is C=CC1=C(/C=C\C(=C)C(C)C)N(C2CCC(=O)NC2=O)BB1. The molecule has 4 nitrogen and oxygen atoms in total. The summed E-state index contributed by atoms with van der Waals surface area (Å²) in [5.41, 5.74) is 3.20. The predicted molar refractivity (Wildman–Crippen MR) is 92.6 cm³/mol. The summed E-state index contributed by atoms with van der Waals surface area (Å²) in [7, 11) is 1.65. The monoisotopic (exact) mass is 296 g/mol. The van der Waals surface area contributed by atoms with Crippen molar-refractivity contribution in [3.05, 3.63) is 48.1 Å². The molecule has 2 rings (SSSR count). The van der Waals surface area contributed by atoms with Crippen LogP contribution in [0.15, 0.2) is 48.1 Å². The van der Waals surface area contributed by atoms with Gasteiger partial charge in [0.05, 0.1) is 6.04 Å². The van der Waals surface area contributed by atoms with Gasteiger partial charge in [0, 0.05) is 12.1 Å². The highest BCUT2D eigenvalue weighted by Crippen LogP contribution is 2.25. The Balaban J connectivity index is 2.22. The number of allylic oxidation sites excluding steroid dienone is 5. The lowest BCUT2D eigenvalue weighted by atomic mass is 9.44. The smallest absolute Gasteiger partial charge is 0.248 e. The number of hydrogen-bond donors (Lipinski definition) is 1. The normalized spacial score (nSPS) is 22.0. The zero-order valence-corrected chi connectivity index (χ0v) is 13.4. The van der Waals surface area contributed by atoms with E-state index in [0.717, 1.165) is 31.2 Å². The van der Waals surface area contributed by atoms with Gasteiger partial charge in [-0.25, -0.2) is 0 Å². The molecule has 1 saturated heterocycles. The first kappa shape index (κ1) is 16.4. The Hall–Kier alpha value is -1.97. The zero-order chi connectivity index (χ0) is 16.3. The van der Waals surface area contributed by atoms with Gasteiger partial charge in [-0.3, -0.25) is 14.9 Å². The molecule has 2 amide bonds. The van der Waals surface area contributed by atoms with E-state index in [2.05, 4.69) is 37.1 Å². The molecule has 0 aliphatic carbocycles. The van der Waals surface area contributed by atoms with Crippen molar-refractivity contribution in [1.82, 2.24) is 10.1 Å².